The number of hydrogen-bond acceptors (Lipinski definition) is 2. The average molecular weight is 551 g/mol. The van der Waals surface area contributed by atoms with Crippen LogP contribution in [-0.4, -0.2) is 16.3 Å². The third-order valence-electron chi connectivity index (χ3n) is 8.75. The van der Waals surface area contributed by atoms with Crippen LogP contribution in [0.5, 0.6) is 0 Å². The summed E-state index contributed by atoms with van der Waals surface area (Å²) in [6, 6.07) is 0. The third kappa shape index (κ3) is 17.3. The molecule has 0 aromatic rings. The van der Waals surface area contributed by atoms with Gasteiger partial charge in [-0.15, -0.1) is 23.3 Å². The maximum Gasteiger partial charge on any atom is -0.00440 e. The SMILES string of the molecule is CCCCCCCCCCCC[SH](S)(S)(CCCCCCCC)C(C)(C)CCCCCCCCC. The van der Waals surface area contributed by atoms with Gasteiger partial charge in [0.1, 0.15) is 0 Å². The van der Waals surface area contributed by atoms with Gasteiger partial charge < -0.3 is 0 Å². The predicted molar refractivity (Wildman–Crippen MR) is 179 cm³/mol. The molecule has 0 atom stereocenters. The van der Waals surface area contributed by atoms with Crippen molar-refractivity contribution >= 4 is 30.5 Å². The molecule has 0 N–H and O–H groups in total. The van der Waals surface area contributed by atoms with E-state index >= 15 is 0 Å². The van der Waals surface area contributed by atoms with Crippen LogP contribution in [0.2, 0.25) is 0 Å². The van der Waals surface area contributed by atoms with Crippen LogP contribution in [0.1, 0.15) is 189 Å². The quantitative estimate of drug-likeness (QED) is 0.0505. The van der Waals surface area contributed by atoms with E-state index in [9.17, 15) is 0 Å². The monoisotopic (exact) mass is 550 g/mol. The highest BCUT2D eigenvalue weighted by molar-refractivity contribution is 9.27. The smallest absolute Gasteiger partial charge is 0.00440 e. The van der Waals surface area contributed by atoms with E-state index in [0.717, 1.165) is 0 Å². The zero-order chi connectivity index (χ0) is 26.3. The van der Waals surface area contributed by atoms with Crippen LogP contribution in [-0.2, 0) is 0 Å². The summed E-state index contributed by atoms with van der Waals surface area (Å²) >= 11 is 11.3. The molecule has 0 radical (unpaired) electrons. The van der Waals surface area contributed by atoms with Crippen LogP contribution in [0.25, 0.3) is 0 Å². The van der Waals surface area contributed by atoms with Gasteiger partial charge in [-0.05, 0) is 35.5 Å². The van der Waals surface area contributed by atoms with E-state index in [1.807, 2.05) is 0 Å². The lowest BCUT2D eigenvalue weighted by molar-refractivity contribution is 0.530. The van der Waals surface area contributed by atoms with E-state index in [2.05, 4.69) is 34.6 Å². The van der Waals surface area contributed by atoms with Crippen LogP contribution in [0.3, 0.4) is 0 Å². The molecular weight excluding hydrogens is 481 g/mol. The molecule has 0 heterocycles. The van der Waals surface area contributed by atoms with Crippen molar-refractivity contribution < 1.29 is 0 Å². The summed E-state index contributed by atoms with van der Waals surface area (Å²) in [5.74, 6) is 2.57. The van der Waals surface area contributed by atoms with Gasteiger partial charge in [0.05, 0.1) is 0 Å². The van der Waals surface area contributed by atoms with Gasteiger partial charge in [0.2, 0.25) is 0 Å². The van der Waals surface area contributed by atoms with Crippen LogP contribution in [0.15, 0.2) is 0 Å². The largest absolute Gasteiger partial charge is 0.211 e. The average Bonchev–Trinajstić information content (AvgIpc) is 2.82. The first-order chi connectivity index (χ1) is 16.7. The molecule has 0 saturated carbocycles. The molecule has 35 heavy (non-hydrogen) atoms. The molecule has 0 aromatic heterocycles. The molecule has 0 aliphatic carbocycles. The number of rotatable bonds is 27. The predicted octanol–water partition coefficient (Wildman–Crippen LogP) is 12.9. The molecule has 0 aliphatic rings. The molecule has 0 aliphatic heterocycles. The molecule has 0 bridgehead atoms. The molecule has 0 aromatic carbocycles. The topological polar surface area (TPSA) is 0 Å². The summed E-state index contributed by atoms with van der Waals surface area (Å²) < 4.78 is 0.282. The summed E-state index contributed by atoms with van der Waals surface area (Å²) in [6.45, 7) is 12.0. The molecule has 0 fully saturated rings. The molecule has 0 saturated heterocycles. The van der Waals surface area contributed by atoms with E-state index in [0.29, 0.717) is 0 Å². The van der Waals surface area contributed by atoms with Crippen molar-refractivity contribution in [2.75, 3.05) is 11.5 Å². The lowest BCUT2D eigenvalue weighted by Gasteiger charge is -2.65. The highest BCUT2D eigenvalue weighted by Crippen LogP contribution is 2.86. The van der Waals surface area contributed by atoms with E-state index in [1.54, 1.807) is 0 Å². The Balaban J connectivity index is 4.63. The van der Waals surface area contributed by atoms with Gasteiger partial charge in [-0.2, -0.15) is 0 Å². The summed E-state index contributed by atoms with van der Waals surface area (Å²) in [7, 11) is -2.32. The van der Waals surface area contributed by atoms with Gasteiger partial charge in [0.15, 0.2) is 0 Å². The number of thiol groups is 3. The highest BCUT2D eigenvalue weighted by atomic mass is 33.6. The fourth-order valence-corrected chi connectivity index (χ4v) is 11.8. The third-order valence-corrected chi connectivity index (χ3v) is 19.9. The Morgan fingerprint density at radius 2 is 0.657 bits per heavy atom. The van der Waals surface area contributed by atoms with Gasteiger partial charge in [-0.25, -0.2) is 7.23 Å². The van der Waals surface area contributed by atoms with E-state index in [-0.39, 0.29) is 4.75 Å². The minimum atomic E-state index is -2.32. The van der Waals surface area contributed by atoms with E-state index in [1.165, 1.54) is 166 Å². The van der Waals surface area contributed by atoms with E-state index < -0.39 is 7.23 Å². The summed E-state index contributed by atoms with van der Waals surface area (Å²) in [5, 5.41) is 0. The second-order valence-electron chi connectivity index (χ2n) is 12.5. The first-order valence-electron chi connectivity index (χ1n) is 16.2. The molecule has 0 unspecified atom stereocenters. The minimum Gasteiger partial charge on any atom is -0.211 e. The molecule has 3 heteroatoms. The van der Waals surface area contributed by atoms with Gasteiger partial charge >= 0.3 is 0 Å². The minimum absolute atomic E-state index is 0.282. The first-order valence-corrected chi connectivity index (χ1v) is 21.1. The molecule has 0 nitrogen and oxygen atoms in total. The summed E-state index contributed by atoms with van der Waals surface area (Å²) in [4.78, 5) is 0. The lowest BCUT2D eigenvalue weighted by atomic mass is 10.0. The van der Waals surface area contributed by atoms with Crippen LogP contribution >= 0.6 is 30.5 Å². The van der Waals surface area contributed by atoms with Crippen molar-refractivity contribution in [2.24, 2.45) is 0 Å². The lowest BCUT2D eigenvalue weighted by Crippen LogP contribution is -2.37. The molecule has 216 valence electrons. The zero-order valence-electron chi connectivity index (χ0n) is 25.2. The first kappa shape index (κ1) is 36.0. The summed E-state index contributed by atoms with van der Waals surface area (Å²) in [6.07, 6.45) is 33.5. The van der Waals surface area contributed by atoms with E-state index in [4.69, 9.17) is 23.3 Å². The Kier molecular flexibility index (Phi) is 22.6. The maximum absolute atomic E-state index is 5.66. The second-order valence-corrected chi connectivity index (χ2v) is 24.1. The van der Waals surface area contributed by atoms with Gasteiger partial charge in [-0.1, -0.05) is 169 Å². The Bertz CT molecular complexity index is 458. The normalized spacial score (nSPS) is 13.7. The number of hydrogen-bond donors (Lipinski definition) is 3. The Morgan fingerprint density at radius 1 is 0.400 bits per heavy atom. The Morgan fingerprint density at radius 3 is 0.971 bits per heavy atom. The fourth-order valence-electron chi connectivity index (χ4n) is 5.65. The zero-order valence-corrected chi connectivity index (χ0v) is 27.9. The second kappa shape index (κ2) is 21.9. The maximum atomic E-state index is 5.66. The van der Waals surface area contributed by atoms with Gasteiger partial charge in [0, 0.05) is 0 Å². The Labute approximate surface area is 234 Å². The molecule has 0 rings (SSSR count). The van der Waals surface area contributed by atoms with Gasteiger partial charge in [-0.3, -0.25) is 0 Å². The van der Waals surface area contributed by atoms with Crippen LogP contribution in [0, 0.1) is 0 Å². The van der Waals surface area contributed by atoms with Gasteiger partial charge in [0.25, 0.3) is 0 Å². The molecule has 0 amide bonds. The summed E-state index contributed by atoms with van der Waals surface area (Å²) in [5.41, 5.74) is 0. The van der Waals surface area contributed by atoms with Crippen molar-refractivity contribution in [1.29, 1.82) is 0 Å². The van der Waals surface area contributed by atoms with Crippen molar-refractivity contribution in [2.45, 2.75) is 193 Å². The fraction of sp³-hybridized carbons (Fsp3) is 1.00. The van der Waals surface area contributed by atoms with Crippen molar-refractivity contribution in [3.8, 4) is 0 Å². The highest BCUT2D eigenvalue weighted by Gasteiger charge is 2.46. The number of unbranched alkanes of at least 4 members (excludes halogenated alkanes) is 20. The standard InChI is InChI=1S/C32H70S3/c1-6-9-12-15-18-19-20-22-25-28-31-35(33,34,30-27-24-17-14-11-8-3)32(4,5)29-26-23-21-16-13-10-7-2/h33-35H,6-31H2,1-5H3. The van der Waals surface area contributed by atoms with Crippen molar-refractivity contribution in [3.63, 3.8) is 0 Å². The molecule has 0 spiro atoms. The van der Waals surface area contributed by atoms with Crippen LogP contribution in [0.4, 0.5) is 0 Å². The van der Waals surface area contributed by atoms with Crippen molar-refractivity contribution in [1.82, 2.24) is 0 Å². The van der Waals surface area contributed by atoms with Crippen LogP contribution < -0.4 is 0 Å². The van der Waals surface area contributed by atoms with Crippen molar-refractivity contribution in [3.05, 3.63) is 0 Å². The molecular formula is C32H70S3. The Hall–Kier alpha value is 1.05.